The number of carbonyl (C=O) groups excluding carboxylic acids is 2. The lowest BCUT2D eigenvalue weighted by molar-refractivity contribution is -0.112. The fourth-order valence-electron chi connectivity index (χ4n) is 2.28. The van der Waals surface area contributed by atoms with E-state index in [4.69, 9.17) is 4.74 Å². The number of hydrogen-bond donors (Lipinski definition) is 2. The molecule has 0 aliphatic carbocycles. The van der Waals surface area contributed by atoms with Gasteiger partial charge in [-0.05, 0) is 24.3 Å². The molecule has 1 saturated heterocycles. The summed E-state index contributed by atoms with van der Waals surface area (Å²) in [6, 6.07) is 17.9. The highest BCUT2D eigenvalue weighted by atomic mass is 16.5. The summed E-state index contributed by atoms with van der Waals surface area (Å²) in [7, 11) is 0. The molecule has 0 bridgehead atoms. The van der Waals surface area contributed by atoms with Crippen LogP contribution in [0.4, 0.5) is 16.2 Å². The molecule has 24 heavy (non-hydrogen) atoms. The quantitative estimate of drug-likeness (QED) is 0.853. The summed E-state index contributed by atoms with van der Waals surface area (Å²) < 4.78 is 5.40. The first-order valence-electron chi connectivity index (χ1n) is 7.56. The van der Waals surface area contributed by atoms with Crippen LogP contribution < -0.4 is 10.6 Å². The first-order chi connectivity index (χ1) is 11.7. The van der Waals surface area contributed by atoms with Crippen molar-refractivity contribution in [2.45, 2.75) is 0 Å². The summed E-state index contributed by atoms with van der Waals surface area (Å²) >= 11 is 0. The molecule has 122 valence electrons. The number of carbonyl (C=O) groups is 2. The Bertz CT molecular complexity index is 745. The van der Waals surface area contributed by atoms with E-state index in [1.54, 1.807) is 24.3 Å². The molecule has 1 aliphatic rings. The van der Waals surface area contributed by atoms with Crippen molar-refractivity contribution in [3.05, 3.63) is 72.6 Å². The zero-order chi connectivity index (χ0) is 16.8. The molecule has 0 saturated carbocycles. The van der Waals surface area contributed by atoms with Crippen molar-refractivity contribution in [1.82, 2.24) is 4.90 Å². The maximum atomic E-state index is 12.3. The minimum absolute atomic E-state index is 0.233. The number of para-hydroxylation sites is 2. The van der Waals surface area contributed by atoms with Gasteiger partial charge in [-0.2, -0.15) is 0 Å². The van der Waals surface area contributed by atoms with E-state index in [2.05, 4.69) is 10.6 Å². The minimum atomic E-state index is -0.351. The van der Waals surface area contributed by atoms with Crippen LogP contribution in [0.25, 0.3) is 0 Å². The lowest BCUT2D eigenvalue weighted by Gasteiger charge is -2.16. The summed E-state index contributed by atoms with van der Waals surface area (Å²) in [6.07, 6.45) is 1.28. The summed E-state index contributed by atoms with van der Waals surface area (Å²) in [5.41, 5.74) is 1.36. The Morgan fingerprint density at radius 1 is 0.917 bits per heavy atom. The van der Waals surface area contributed by atoms with E-state index in [1.165, 1.54) is 11.0 Å². The largest absolute Gasteiger partial charge is 0.477 e. The molecular formula is C18H17N3O3. The van der Waals surface area contributed by atoms with Gasteiger partial charge in [0.15, 0.2) is 0 Å². The molecule has 1 aliphatic heterocycles. The number of urea groups is 1. The Morgan fingerprint density at radius 2 is 1.50 bits per heavy atom. The standard InChI is InChI=1S/C18H17N3O3/c22-16(19-14-7-3-1-4-8-14)13-17-21(11-12-24-17)18(23)20-15-9-5-2-6-10-15/h1-10,13H,11-12H2,(H,19,22)(H,20,23)/b17-13-. The van der Waals surface area contributed by atoms with Crippen LogP contribution in [0, 0.1) is 0 Å². The van der Waals surface area contributed by atoms with Crippen molar-refractivity contribution in [1.29, 1.82) is 0 Å². The first kappa shape index (κ1) is 15.6. The second-order valence-electron chi connectivity index (χ2n) is 5.13. The number of rotatable bonds is 3. The van der Waals surface area contributed by atoms with E-state index in [0.717, 1.165) is 0 Å². The summed E-state index contributed by atoms with van der Waals surface area (Å²) in [5, 5.41) is 5.50. The van der Waals surface area contributed by atoms with Crippen molar-refractivity contribution >= 4 is 23.3 Å². The van der Waals surface area contributed by atoms with Gasteiger partial charge >= 0.3 is 6.03 Å². The molecule has 1 fully saturated rings. The fraction of sp³-hybridized carbons (Fsp3) is 0.111. The molecule has 2 aromatic rings. The highest BCUT2D eigenvalue weighted by molar-refractivity contribution is 6.00. The third kappa shape index (κ3) is 3.92. The monoisotopic (exact) mass is 323 g/mol. The minimum Gasteiger partial charge on any atom is -0.477 e. The Balaban J connectivity index is 1.66. The second kappa shape index (κ2) is 7.32. The van der Waals surface area contributed by atoms with Crippen molar-refractivity contribution in [3.8, 4) is 0 Å². The van der Waals surface area contributed by atoms with Crippen LogP contribution in [0.2, 0.25) is 0 Å². The lowest BCUT2D eigenvalue weighted by Crippen LogP contribution is -2.32. The van der Waals surface area contributed by atoms with Gasteiger partial charge in [-0.15, -0.1) is 0 Å². The molecule has 0 atom stereocenters. The van der Waals surface area contributed by atoms with Crippen LogP contribution in [-0.2, 0) is 9.53 Å². The topological polar surface area (TPSA) is 70.7 Å². The average Bonchev–Trinajstić information content (AvgIpc) is 3.04. The third-order valence-corrected chi connectivity index (χ3v) is 3.40. The van der Waals surface area contributed by atoms with Gasteiger partial charge in [-0.25, -0.2) is 4.79 Å². The van der Waals surface area contributed by atoms with Gasteiger partial charge < -0.3 is 15.4 Å². The maximum Gasteiger partial charge on any atom is 0.328 e. The number of nitrogens with zero attached hydrogens (tertiary/aromatic N) is 1. The molecule has 1 heterocycles. The summed E-state index contributed by atoms with van der Waals surface area (Å²) in [4.78, 5) is 25.8. The number of amides is 3. The SMILES string of the molecule is O=C(/C=C1\OCCN1C(=O)Nc1ccccc1)Nc1ccccc1. The van der Waals surface area contributed by atoms with Gasteiger partial charge in [0.1, 0.15) is 6.61 Å². The molecule has 2 aromatic carbocycles. The Labute approximate surface area is 139 Å². The molecule has 3 rings (SSSR count). The number of benzene rings is 2. The van der Waals surface area contributed by atoms with Gasteiger partial charge in [0.2, 0.25) is 5.88 Å². The van der Waals surface area contributed by atoms with Crippen LogP contribution in [0.1, 0.15) is 0 Å². The van der Waals surface area contributed by atoms with Crippen molar-refractivity contribution in [3.63, 3.8) is 0 Å². The number of ether oxygens (including phenoxy) is 1. The number of nitrogens with one attached hydrogen (secondary N) is 2. The highest BCUT2D eigenvalue weighted by Crippen LogP contribution is 2.17. The first-order valence-corrected chi connectivity index (χ1v) is 7.56. The van der Waals surface area contributed by atoms with Gasteiger partial charge in [0.05, 0.1) is 12.6 Å². The van der Waals surface area contributed by atoms with Crippen LogP contribution in [0.5, 0.6) is 0 Å². The summed E-state index contributed by atoms with van der Waals surface area (Å²) in [6.45, 7) is 0.746. The van der Waals surface area contributed by atoms with Crippen LogP contribution in [0.15, 0.2) is 72.6 Å². The van der Waals surface area contributed by atoms with Gasteiger partial charge in [-0.3, -0.25) is 9.69 Å². The smallest absolute Gasteiger partial charge is 0.328 e. The second-order valence-corrected chi connectivity index (χ2v) is 5.13. The Hall–Kier alpha value is -3.28. The van der Waals surface area contributed by atoms with Gasteiger partial charge in [0, 0.05) is 11.4 Å². The molecule has 6 heteroatoms. The fourth-order valence-corrected chi connectivity index (χ4v) is 2.28. The Kier molecular flexibility index (Phi) is 4.76. The molecule has 0 radical (unpaired) electrons. The molecule has 6 nitrogen and oxygen atoms in total. The molecule has 0 aromatic heterocycles. The predicted molar refractivity (Wildman–Crippen MR) is 91.3 cm³/mol. The third-order valence-electron chi connectivity index (χ3n) is 3.40. The molecule has 0 unspecified atom stereocenters. The van der Waals surface area contributed by atoms with E-state index >= 15 is 0 Å². The lowest BCUT2D eigenvalue weighted by atomic mass is 10.3. The molecular weight excluding hydrogens is 306 g/mol. The van der Waals surface area contributed by atoms with E-state index in [1.807, 2.05) is 36.4 Å². The predicted octanol–water partition coefficient (Wildman–Crippen LogP) is 3.03. The number of hydrogen-bond acceptors (Lipinski definition) is 3. The van der Waals surface area contributed by atoms with E-state index in [-0.39, 0.29) is 17.8 Å². The normalized spacial score (nSPS) is 15.0. The van der Waals surface area contributed by atoms with Crippen molar-refractivity contribution in [2.75, 3.05) is 23.8 Å². The highest BCUT2D eigenvalue weighted by Gasteiger charge is 2.26. The summed E-state index contributed by atoms with van der Waals surface area (Å²) in [5.74, 6) is -0.118. The molecule has 3 amide bonds. The average molecular weight is 323 g/mol. The molecule has 0 spiro atoms. The van der Waals surface area contributed by atoms with Crippen LogP contribution >= 0.6 is 0 Å². The van der Waals surface area contributed by atoms with Crippen molar-refractivity contribution in [2.24, 2.45) is 0 Å². The van der Waals surface area contributed by atoms with Crippen molar-refractivity contribution < 1.29 is 14.3 Å². The number of anilines is 2. The van der Waals surface area contributed by atoms with Gasteiger partial charge in [-0.1, -0.05) is 36.4 Å². The van der Waals surface area contributed by atoms with E-state index in [0.29, 0.717) is 24.5 Å². The molecule has 2 N–H and O–H groups in total. The van der Waals surface area contributed by atoms with Crippen LogP contribution in [0.3, 0.4) is 0 Å². The zero-order valence-corrected chi connectivity index (χ0v) is 12.9. The van der Waals surface area contributed by atoms with E-state index in [9.17, 15) is 9.59 Å². The Morgan fingerprint density at radius 3 is 2.12 bits per heavy atom. The maximum absolute atomic E-state index is 12.3. The van der Waals surface area contributed by atoms with Gasteiger partial charge in [0.25, 0.3) is 5.91 Å². The zero-order valence-electron chi connectivity index (χ0n) is 12.9. The van der Waals surface area contributed by atoms with Crippen LogP contribution in [-0.4, -0.2) is 30.0 Å². The van der Waals surface area contributed by atoms with E-state index < -0.39 is 0 Å².